The van der Waals surface area contributed by atoms with Gasteiger partial charge in [0, 0.05) is 42.7 Å². The first-order valence-electron chi connectivity index (χ1n) is 15.7. The van der Waals surface area contributed by atoms with Gasteiger partial charge in [0.05, 0.1) is 37.5 Å². The Morgan fingerprint density at radius 1 is 1.18 bits per heavy atom. The standard InChI is InChI=1S/C34H43N5O5/c1-22-7-8-28-33(2,10-9-29(41)34(28,3)21-40)26(22)18-27(38-30-6-4-5-11-35-30)25-17-24(44-31(25)42)16-23-19-36-32(37-20-23)39-12-14-43-15-13-39/h4-6,11,16-17,19-20,26-29,40-41H,1,7-10,12-15,18,21H2,2-3H3,(H,35,38)/t26?,27?,28?,29-,33-,34+/m1/s1. The zero-order chi connectivity index (χ0) is 30.9. The maximum atomic E-state index is 13.4. The van der Waals surface area contributed by atoms with E-state index >= 15 is 0 Å². The maximum absolute atomic E-state index is 13.4. The molecule has 0 bridgehead atoms. The molecule has 234 valence electrons. The molecule has 3 fully saturated rings. The molecule has 44 heavy (non-hydrogen) atoms. The fraction of sp³-hybridized carbons (Fsp3) is 0.529. The zero-order valence-corrected chi connectivity index (χ0v) is 25.6. The van der Waals surface area contributed by atoms with Crippen molar-refractivity contribution in [3.63, 3.8) is 0 Å². The predicted octanol–water partition coefficient (Wildman–Crippen LogP) is 4.15. The summed E-state index contributed by atoms with van der Waals surface area (Å²) in [5, 5.41) is 24.9. The molecule has 4 aliphatic rings. The SMILES string of the molecule is C=C1CCC2[C@](C)(CC[C@@H](O)[C@@]2(C)CO)C1CC(Nc1ccccn1)C1=CC(=Cc2cnc(N3CCOCC3)nc2)OC1=O. The Kier molecular flexibility index (Phi) is 8.59. The quantitative estimate of drug-likeness (QED) is 0.300. The molecule has 2 saturated carbocycles. The van der Waals surface area contributed by atoms with Gasteiger partial charge in [-0.1, -0.05) is 32.1 Å². The van der Waals surface area contributed by atoms with Gasteiger partial charge in [0.15, 0.2) is 0 Å². The molecule has 2 aromatic heterocycles. The third kappa shape index (κ3) is 5.78. The van der Waals surface area contributed by atoms with Gasteiger partial charge in [-0.25, -0.2) is 19.7 Å². The van der Waals surface area contributed by atoms with Crippen LogP contribution in [0.3, 0.4) is 0 Å². The highest BCUT2D eigenvalue weighted by molar-refractivity contribution is 5.95. The number of nitrogens with zero attached hydrogens (tertiary/aromatic N) is 4. The van der Waals surface area contributed by atoms with Crippen molar-refractivity contribution in [2.45, 2.75) is 58.1 Å². The van der Waals surface area contributed by atoms with Crippen molar-refractivity contribution in [3.05, 3.63) is 71.9 Å². The molecule has 10 nitrogen and oxygen atoms in total. The number of morpholine rings is 1. The van der Waals surface area contributed by atoms with Gasteiger partial charge in [-0.15, -0.1) is 0 Å². The summed E-state index contributed by atoms with van der Waals surface area (Å²) < 4.78 is 11.2. The summed E-state index contributed by atoms with van der Waals surface area (Å²) in [7, 11) is 0. The van der Waals surface area contributed by atoms with Crippen molar-refractivity contribution in [2.24, 2.45) is 22.7 Å². The number of fused-ring (bicyclic) bond motifs is 1. The molecule has 4 heterocycles. The van der Waals surface area contributed by atoms with E-state index in [1.165, 1.54) is 0 Å². The molecule has 2 aromatic rings. The molecule has 6 atom stereocenters. The van der Waals surface area contributed by atoms with Crippen LogP contribution in [0.5, 0.6) is 0 Å². The van der Waals surface area contributed by atoms with E-state index < -0.39 is 23.5 Å². The number of aliphatic hydroxyl groups excluding tert-OH is 2. The van der Waals surface area contributed by atoms with E-state index in [9.17, 15) is 15.0 Å². The van der Waals surface area contributed by atoms with Gasteiger partial charge in [-0.2, -0.15) is 0 Å². The lowest BCUT2D eigenvalue weighted by atomic mass is 9.46. The molecule has 3 unspecified atom stereocenters. The number of ether oxygens (including phenoxy) is 2. The largest absolute Gasteiger partial charge is 0.423 e. The molecule has 2 aliphatic heterocycles. The third-order valence-electron chi connectivity index (χ3n) is 10.5. The number of carbonyl (C=O) groups is 1. The van der Waals surface area contributed by atoms with Gasteiger partial charge in [0.1, 0.15) is 11.6 Å². The number of aromatic nitrogens is 3. The Balaban J connectivity index is 1.28. The monoisotopic (exact) mass is 601 g/mol. The van der Waals surface area contributed by atoms with Gasteiger partial charge >= 0.3 is 5.97 Å². The minimum atomic E-state index is -0.587. The topological polar surface area (TPSA) is 130 Å². The van der Waals surface area contributed by atoms with Crippen LogP contribution < -0.4 is 10.2 Å². The Morgan fingerprint density at radius 2 is 1.95 bits per heavy atom. The first-order chi connectivity index (χ1) is 21.2. The van der Waals surface area contributed by atoms with Crippen LogP contribution in [0.1, 0.15) is 51.5 Å². The van der Waals surface area contributed by atoms with Gasteiger partial charge in [-0.3, -0.25) is 0 Å². The van der Waals surface area contributed by atoms with Crippen LogP contribution in [0.15, 0.2) is 66.3 Å². The lowest BCUT2D eigenvalue weighted by molar-refractivity contribution is -0.152. The normalized spacial score (nSPS) is 32.2. The van der Waals surface area contributed by atoms with Crippen molar-refractivity contribution in [1.82, 2.24) is 15.0 Å². The second kappa shape index (κ2) is 12.4. The number of nitrogens with one attached hydrogen (secondary N) is 1. The van der Waals surface area contributed by atoms with Crippen molar-refractivity contribution in [2.75, 3.05) is 43.1 Å². The van der Waals surface area contributed by atoms with Crippen LogP contribution in [-0.2, 0) is 14.3 Å². The number of allylic oxidation sites excluding steroid dienone is 2. The molecule has 10 heteroatoms. The molecule has 0 spiro atoms. The fourth-order valence-corrected chi connectivity index (χ4v) is 7.98. The maximum Gasteiger partial charge on any atom is 0.341 e. The number of rotatable bonds is 8. The summed E-state index contributed by atoms with van der Waals surface area (Å²) in [6.07, 6.45) is 12.0. The second-order valence-corrected chi connectivity index (χ2v) is 13.1. The number of carbonyl (C=O) groups excluding carboxylic acids is 1. The van der Waals surface area contributed by atoms with Gasteiger partial charge < -0.3 is 29.9 Å². The van der Waals surface area contributed by atoms with E-state index in [1.807, 2.05) is 25.1 Å². The van der Waals surface area contributed by atoms with Crippen LogP contribution in [-0.4, -0.2) is 76.2 Å². The van der Waals surface area contributed by atoms with E-state index in [4.69, 9.17) is 9.47 Å². The minimum absolute atomic E-state index is 0.0590. The highest BCUT2D eigenvalue weighted by atomic mass is 16.5. The average molecular weight is 602 g/mol. The molecular weight excluding hydrogens is 558 g/mol. The number of hydrogen-bond acceptors (Lipinski definition) is 10. The molecule has 3 N–H and O–H groups in total. The Morgan fingerprint density at radius 3 is 2.66 bits per heavy atom. The van der Waals surface area contributed by atoms with E-state index in [1.54, 1.807) is 30.7 Å². The smallest absolute Gasteiger partial charge is 0.341 e. The highest BCUT2D eigenvalue weighted by Gasteiger charge is 2.58. The molecule has 1 saturated heterocycles. The van der Waals surface area contributed by atoms with Crippen molar-refractivity contribution in [1.29, 1.82) is 0 Å². The van der Waals surface area contributed by atoms with Gasteiger partial charge in [0.2, 0.25) is 5.95 Å². The third-order valence-corrected chi connectivity index (χ3v) is 10.5. The number of aliphatic hydroxyl groups is 2. The lowest BCUT2D eigenvalue weighted by Crippen LogP contribution is -2.58. The van der Waals surface area contributed by atoms with Crippen LogP contribution in [0.2, 0.25) is 0 Å². The van der Waals surface area contributed by atoms with Crippen molar-refractivity contribution >= 4 is 23.8 Å². The zero-order valence-electron chi connectivity index (χ0n) is 25.6. The predicted molar refractivity (Wildman–Crippen MR) is 167 cm³/mol. The molecular formula is C34H43N5O5. The Bertz CT molecular complexity index is 1420. The van der Waals surface area contributed by atoms with Crippen LogP contribution in [0, 0.1) is 22.7 Å². The molecule has 0 aromatic carbocycles. The molecule has 2 aliphatic carbocycles. The van der Waals surface area contributed by atoms with Gasteiger partial charge in [-0.05, 0) is 73.6 Å². The molecule has 0 amide bonds. The number of cyclic esters (lactones) is 1. The summed E-state index contributed by atoms with van der Waals surface area (Å²) >= 11 is 0. The summed E-state index contributed by atoms with van der Waals surface area (Å²) in [5.41, 5.74) is 1.62. The Hall–Kier alpha value is -3.60. The van der Waals surface area contributed by atoms with E-state index in [2.05, 4.69) is 38.7 Å². The number of pyridine rings is 1. The summed E-state index contributed by atoms with van der Waals surface area (Å²) in [4.78, 5) is 29.0. The molecule has 0 radical (unpaired) electrons. The Labute approximate surface area is 258 Å². The van der Waals surface area contributed by atoms with Crippen molar-refractivity contribution in [3.8, 4) is 0 Å². The fourth-order valence-electron chi connectivity index (χ4n) is 7.98. The van der Waals surface area contributed by atoms with Crippen LogP contribution in [0.25, 0.3) is 6.08 Å². The minimum Gasteiger partial charge on any atom is -0.423 e. The highest BCUT2D eigenvalue weighted by Crippen LogP contribution is 2.62. The number of anilines is 2. The van der Waals surface area contributed by atoms with E-state index in [0.29, 0.717) is 49.2 Å². The second-order valence-electron chi connectivity index (χ2n) is 13.1. The van der Waals surface area contributed by atoms with Gasteiger partial charge in [0.25, 0.3) is 0 Å². The summed E-state index contributed by atoms with van der Waals surface area (Å²) in [6.45, 7) is 11.5. The van der Waals surface area contributed by atoms with Crippen LogP contribution >= 0.6 is 0 Å². The summed E-state index contributed by atoms with van der Waals surface area (Å²) in [5.74, 6) is 1.53. The first kappa shape index (κ1) is 30.4. The molecule has 6 rings (SSSR count). The van der Waals surface area contributed by atoms with Crippen molar-refractivity contribution < 1.29 is 24.5 Å². The number of hydrogen-bond donors (Lipinski definition) is 3. The van der Waals surface area contributed by atoms with E-state index in [-0.39, 0.29) is 23.9 Å². The van der Waals surface area contributed by atoms with Crippen LogP contribution in [0.4, 0.5) is 11.8 Å². The summed E-state index contributed by atoms with van der Waals surface area (Å²) in [6, 6.07) is 5.26. The number of esters is 1. The average Bonchev–Trinajstić information content (AvgIpc) is 3.41. The first-order valence-corrected chi connectivity index (χ1v) is 15.7. The van der Waals surface area contributed by atoms with E-state index in [0.717, 1.165) is 43.5 Å². The lowest BCUT2D eigenvalue weighted by Gasteiger charge is -2.60.